The van der Waals surface area contributed by atoms with Crippen LogP contribution in [0.4, 0.5) is 0 Å². The Morgan fingerprint density at radius 1 is 1.22 bits per heavy atom. The topological polar surface area (TPSA) is 60.9 Å². The molecule has 0 radical (unpaired) electrons. The van der Waals surface area contributed by atoms with Gasteiger partial charge >= 0.3 is 0 Å². The number of rotatable bonds is 9. The lowest BCUT2D eigenvalue weighted by atomic mass is 10.1. The van der Waals surface area contributed by atoms with Crippen molar-refractivity contribution in [2.45, 2.75) is 32.4 Å². The molecule has 0 spiro atoms. The van der Waals surface area contributed by atoms with E-state index in [4.69, 9.17) is 14.2 Å². The van der Waals surface area contributed by atoms with Gasteiger partial charge in [0.2, 0.25) is 0 Å². The minimum Gasteiger partial charge on any atom is -0.497 e. The van der Waals surface area contributed by atoms with Crippen LogP contribution in [0.15, 0.2) is 53.9 Å². The summed E-state index contributed by atoms with van der Waals surface area (Å²) in [6, 6.07) is 15.6. The Hall–Kier alpha value is -2.90. The van der Waals surface area contributed by atoms with E-state index in [0.717, 1.165) is 47.1 Å². The normalized spacial score (nSPS) is 15.5. The average Bonchev–Trinajstić information content (AvgIpc) is 3.52. The van der Waals surface area contributed by atoms with E-state index in [0.29, 0.717) is 25.4 Å². The van der Waals surface area contributed by atoms with Crippen LogP contribution in [0.3, 0.4) is 0 Å². The summed E-state index contributed by atoms with van der Waals surface area (Å²) in [6.45, 7) is 4.37. The van der Waals surface area contributed by atoms with E-state index < -0.39 is 0 Å². The molecule has 1 unspecified atom stereocenters. The number of thiazole rings is 1. The van der Waals surface area contributed by atoms with Gasteiger partial charge in [0, 0.05) is 30.6 Å². The molecule has 1 saturated heterocycles. The van der Waals surface area contributed by atoms with E-state index in [9.17, 15) is 4.79 Å². The van der Waals surface area contributed by atoms with E-state index in [-0.39, 0.29) is 12.0 Å². The second kappa shape index (κ2) is 10.6. The molecule has 7 heteroatoms. The lowest BCUT2D eigenvalue weighted by Gasteiger charge is -2.25. The van der Waals surface area contributed by atoms with E-state index >= 15 is 0 Å². The molecule has 1 fully saturated rings. The van der Waals surface area contributed by atoms with Crippen LogP contribution in [-0.4, -0.2) is 48.8 Å². The van der Waals surface area contributed by atoms with Gasteiger partial charge in [-0.3, -0.25) is 4.79 Å². The van der Waals surface area contributed by atoms with E-state index in [1.807, 2.05) is 65.7 Å². The number of methoxy groups -OCH3 is 1. The van der Waals surface area contributed by atoms with Crippen molar-refractivity contribution in [3.8, 4) is 22.1 Å². The molecule has 6 nitrogen and oxygen atoms in total. The van der Waals surface area contributed by atoms with Gasteiger partial charge in [0.15, 0.2) is 0 Å². The first-order valence-corrected chi connectivity index (χ1v) is 11.8. The van der Waals surface area contributed by atoms with Crippen LogP contribution in [0.5, 0.6) is 11.5 Å². The van der Waals surface area contributed by atoms with Gasteiger partial charge in [0.25, 0.3) is 5.91 Å². The van der Waals surface area contributed by atoms with Crippen molar-refractivity contribution in [1.82, 2.24) is 9.88 Å². The molecule has 1 aliphatic heterocycles. The van der Waals surface area contributed by atoms with Gasteiger partial charge in [0.05, 0.1) is 19.8 Å². The van der Waals surface area contributed by atoms with Crippen molar-refractivity contribution in [2.75, 3.05) is 26.9 Å². The van der Waals surface area contributed by atoms with Gasteiger partial charge in [-0.2, -0.15) is 0 Å². The van der Waals surface area contributed by atoms with Gasteiger partial charge in [-0.05, 0) is 61.7 Å². The lowest BCUT2D eigenvalue weighted by Crippen LogP contribution is -2.37. The molecule has 1 aromatic heterocycles. The van der Waals surface area contributed by atoms with Crippen LogP contribution in [0, 0.1) is 0 Å². The summed E-state index contributed by atoms with van der Waals surface area (Å²) in [6.07, 6.45) is 2.06. The van der Waals surface area contributed by atoms with Crippen molar-refractivity contribution < 1.29 is 19.0 Å². The highest BCUT2D eigenvalue weighted by Crippen LogP contribution is 2.27. The van der Waals surface area contributed by atoms with E-state index in [2.05, 4.69) is 4.98 Å². The van der Waals surface area contributed by atoms with Crippen LogP contribution in [0.2, 0.25) is 0 Å². The second-order valence-electron chi connectivity index (χ2n) is 7.67. The molecular weight excluding hydrogens is 424 g/mol. The van der Waals surface area contributed by atoms with E-state index in [1.165, 1.54) is 11.3 Å². The second-order valence-corrected chi connectivity index (χ2v) is 8.53. The number of ether oxygens (including phenoxy) is 3. The fraction of sp³-hybridized carbons (Fsp3) is 0.360. The maximum absolute atomic E-state index is 13.4. The van der Waals surface area contributed by atoms with Crippen LogP contribution in [-0.2, 0) is 11.3 Å². The number of hydrogen-bond donors (Lipinski definition) is 0. The van der Waals surface area contributed by atoms with Crippen LogP contribution in [0.25, 0.3) is 10.6 Å². The number of nitrogens with zero attached hydrogens (tertiary/aromatic N) is 2. The molecule has 168 valence electrons. The van der Waals surface area contributed by atoms with Gasteiger partial charge in [-0.25, -0.2) is 4.98 Å². The molecule has 1 amide bonds. The largest absolute Gasteiger partial charge is 0.497 e. The molecular formula is C25H28N2O4S. The first kappa shape index (κ1) is 22.3. The van der Waals surface area contributed by atoms with Crippen molar-refractivity contribution in [3.05, 3.63) is 65.2 Å². The summed E-state index contributed by atoms with van der Waals surface area (Å²) in [7, 11) is 1.64. The molecule has 0 saturated carbocycles. The van der Waals surface area contributed by atoms with Crippen LogP contribution in [0.1, 0.15) is 35.8 Å². The summed E-state index contributed by atoms with van der Waals surface area (Å²) in [4.78, 5) is 19.9. The monoisotopic (exact) mass is 452 g/mol. The molecule has 2 aromatic carbocycles. The first-order chi connectivity index (χ1) is 15.7. The number of hydrogen-bond acceptors (Lipinski definition) is 6. The molecule has 0 aliphatic carbocycles. The third kappa shape index (κ3) is 5.47. The Morgan fingerprint density at radius 3 is 2.78 bits per heavy atom. The quantitative estimate of drug-likeness (QED) is 0.455. The molecule has 1 aliphatic rings. The third-order valence-corrected chi connectivity index (χ3v) is 6.27. The predicted molar refractivity (Wildman–Crippen MR) is 125 cm³/mol. The highest BCUT2D eigenvalue weighted by molar-refractivity contribution is 7.13. The molecule has 32 heavy (non-hydrogen) atoms. The Balaban J connectivity index is 1.53. The Kier molecular flexibility index (Phi) is 7.39. The molecule has 1 atom stereocenters. The predicted octanol–water partition coefficient (Wildman–Crippen LogP) is 5.04. The lowest BCUT2D eigenvalue weighted by molar-refractivity contribution is 0.0503. The number of benzene rings is 2. The molecule has 4 rings (SSSR count). The SMILES string of the molecule is CCOc1ccc(-c2nc(C(=O)N(Cc3cccc(OC)c3)CC3CCCO3)cs2)cc1. The van der Waals surface area contributed by atoms with E-state index in [1.54, 1.807) is 7.11 Å². The molecule has 2 heterocycles. The maximum atomic E-state index is 13.4. The maximum Gasteiger partial charge on any atom is 0.273 e. The number of aromatic nitrogens is 1. The Morgan fingerprint density at radius 2 is 2.06 bits per heavy atom. The third-order valence-electron chi connectivity index (χ3n) is 5.38. The molecule has 0 N–H and O–H groups in total. The highest BCUT2D eigenvalue weighted by atomic mass is 32.1. The smallest absolute Gasteiger partial charge is 0.273 e. The number of carbonyl (C=O) groups is 1. The van der Waals surface area contributed by atoms with Crippen molar-refractivity contribution in [1.29, 1.82) is 0 Å². The minimum atomic E-state index is -0.0863. The zero-order valence-corrected chi connectivity index (χ0v) is 19.3. The summed E-state index contributed by atoms with van der Waals surface area (Å²) in [5, 5.41) is 2.65. The van der Waals surface area contributed by atoms with Crippen LogP contribution < -0.4 is 9.47 Å². The van der Waals surface area contributed by atoms with Gasteiger partial charge in [-0.15, -0.1) is 11.3 Å². The fourth-order valence-electron chi connectivity index (χ4n) is 3.77. The van der Waals surface area contributed by atoms with Crippen molar-refractivity contribution in [3.63, 3.8) is 0 Å². The summed E-state index contributed by atoms with van der Waals surface area (Å²) in [5.41, 5.74) is 2.44. The zero-order valence-electron chi connectivity index (χ0n) is 18.5. The molecule has 3 aromatic rings. The van der Waals surface area contributed by atoms with Gasteiger partial charge < -0.3 is 19.1 Å². The summed E-state index contributed by atoms with van der Waals surface area (Å²) in [5.74, 6) is 1.51. The standard InChI is InChI=1S/C25H28N2O4S/c1-3-30-20-11-9-19(10-12-20)24-26-23(17-32-24)25(28)27(16-22-8-5-13-31-22)15-18-6-4-7-21(14-18)29-2/h4,6-7,9-12,14,17,22H,3,5,8,13,15-16H2,1-2H3. The first-order valence-electron chi connectivity index (χ1n) is 10.9. The van der Waals surface area contributed by atoms with Crippen molar-refractivity contribution >= 4 is 17.2 Å². The molecule has 0 bridgehead atoms. The Bertz CT molecular complexity index is 1030. The summed E-state index contributed by atoms with van der Waals surface area (Å²) >= 11 is 1.47. The van der Waals surface area contributed by atoms with Crippen molar-refractivity contribution in [2.24, 2.45) is 0 Å². The van der Waals surface area contributed by atoms with Gasteiger partial charge in [-0.1, -0.05) is 12.1 Å². The zero-order chi connectivity index (χ0) is 22.3. The summed E-state index contributed by atoms with van der Waals surface area (Å²) < 4.78 is 16.7. The van der Waals surface area contributed by atoms with Gasteiger partial charge in [0.1, 0.15) is 22.2 Å². The number of carbonyl (C=O) groups excluding carboxylic acids is 1. The number of amides is 1. The minimum absolute atomic E-state index is 0.0637. The van der Waals surface area contributed by atoms with Crippen LogP contribution >= 0.6 is 11.3 Å². The average molecular weight is 453 g/mol. The highest BCUT2D eigenvalue weighted by Gasteiger charge is 2.25. The fourth-order valence-corrected chi connectivity index (χ4v) is 4.57. The Labute approximate surface area is 192 Å².